The Balaban J connectivity index is -0.000000187. The van der Waals surface area contributed by atoms with E-state index in [4.69, 9.17) is 54.0 Å². The predicted octanol–water partition coefficient (Wildman–Crippen LogP) is 22.8. The average molecular weight is 1900 g/mol. The number of hydrogen-bond donors (Lipinski definition) is 9. The highest BCUT2D eigenvalue weighted by Gasteiger charge is 2.20. The summed E-state index contributed by atoms with van der Waals surface area (Å²) in [5.41, 5.74) is 0. The number of unbranched alkanes of at least 4 members (excludes halogenated alkanes) is 44. The number of ether oxygens (including phenoxy) is 9. The van der Waals surface area contributed by atoms with Gasteiger partial charge < -0.3 is 88.6 Å². The van der Waals surface area contributed by atoms with Gasteiger partial charge in [0, 0.05) is 0 Å². The molecule has 0 bridgehead atoms. The summed E-state index contributed by atoms with van der Waals surface area (Å²) in [6.07, 6.45) is 58.8. The van der Waals surface area contributed by atoms with E-state index in [0.717, 1.165) is 116 Å². The fraction of sp³-hybridized carbons (Fsp3) is 0.914. The summed E-state index contributed by atoms with van der Waals surface area (Å²) in [6, 6.07) is 0. The van der Waals surface area contributed by atoms with Gasteiger partial charge in [0.1, 0.15) is 0 Å². The average Bonchev–Trinajstić information content (AvgIpc) is 0.978. The number of aliphatic hydroxyl groups excluding tert-OH is 9. The highest BCUT2D eigenvalue weighted by molar-refractivity contribution is 5.77. The summed E-state index contributed by atoms with van der Waals surface area (Å²) in [4.78, 5) is 98.3. The van der Waals surface area contributed by atoms with E-state index in [9.17, 15) is 63.6 Å². The van der Waals surface area contributed by atoms with E-state index in [-0.39, 0.29) is 0 Å². The van der Waals surface area contributed by atoms with Gasteiger partial charge in [0.05, 0.1) is 60.0 Å². The number of methoxy groups -OCH3 is 1. The molecule has 0 aromatic carbocycles. The highest BCUT2D eigenvalue weighted by Crippen LogP contribution is 2.17. The molecule has 27 nitrogen and oxygen atoms in total. The molecule has 0 amide bonds. The Hall–Kier alpha value is -5.13. The van der Waals surface area contributed by atoms with Crippen LogP contribution in [0.4, 0.5) is 0 Å². The number of esters is 9. The van der Waals surface area contributed by atoms with Crippen LogP contribution in [0.2, 0.25) is 0 Å². The van der Waals surface area contributed by atoms with Crippen LogP contribution < -0.4 is 0 Å². The highest BCUT2D eigenvalue weighted by atomic mass is 16.6. The van der Waals surface area contributed by atoms with E-state index < -0.39 is 109 Å². The van der Waals surface area contributed by atoms with Crippen LogP contribution in [-0.4, -0.2) is 215 Å². The Morgan fingerprint density at radius 2 is 0.295 bits per heavy atom. The van der Waals surface area contributed by atoms with Crippen LogP contribution in [0.3, 0.4) is 0 Å². The van der Waals surface area contributed by atoms with Gasteiger partial charge in [-0.05, 0) is 110 Å². The molecule has 9 unspecified atom stereocenters. The number of carbonyl (C=O) groups is 9. The van der Waals surface area contributed by atoms with Crippen molar-refractivity contribution in [3.05, 3.63) is 0 Å². The lowest BCUT2D eigenvalue weighted by Crippen LogP contribution is -2.22. The molecular weight excluding hydrogens is 1690 g/mol. The number of rotatable bonds is 78. The summed E-state index contributed by atoms with van der Waals surface area (Å²) >= 11 is 0. The Morgan fingerprint density at radius 1 is 0.159 bits per heavy atom. The van der Waals surface area contributed by atoms with Crippen molar-refractivity contribution in [2.75, 3.05) is 60.0 Å². The van der Waals surface area contributed by atoms with Gasteiger partial charge in [-0.2, -0.15) is 0 Å². The van der Waals surface area contributed by atoms with Gasteiger partial charge in [0.25, 0.3) is 0 Å². The lowest BCUT2D eigenvalue weighted by Gasteiger charge is -2.08. The fourth-order valence-corrected chi connectivity index (χ4v) is 11.8. The molecule has 0 saturated carbocycles. The molecule has 0 aromatic rings. The molecule has 0 radical (unpaired) electrons. The molecule has 0 heterocycles. The van der Waals surface area contributed by atoms with E-state index in [1.54, 1.807) is 62.3 Å². The van der Waals surface area contributed by atoms with Gasteiger partial charge in [0.2, 0.25) is 0 Å². The van der Waals surface area contributed by atoms with E-state index in [1.165, 1.54) is 225 Å². The van der Waals surface area contributed by atoms with Gasteiger partial charge in [-0.25, -0.2) is 43.2 Å². The number of carbonyl (C=O) groups excluding carboxylic acids is 9. The number of hydrogen-bond acceptors (Lipinski definition) is 27. The van der Waals surface area contributed by atoms with Crippen molar-refractivity contribution in [3.63, 3.8) is 0 Å². The normalized spacial score (nSPS) is 12.5. The van der Waals surface area contributed by atoms with Crippen molar-refractivity contribution >= 4 is 53.7 Å². The topological polar surface area (TPSA) is 419 Å². The third kappa shape index (κ3) is 119. The van der Waals surface area contributed by atoms with Gasteiger partial charge in [-0.1, -0.05) is 399 Å². The largest absolute Gasteiger partial charge is 0.467 e. The summed E-state index contributed by atoms with van der Waals surface area (Å²) in [5.74, 6) is -4.43. The minimum Gasteiger partial charge on any atom is -0.467 e. The van der Waals surface area contributed by atoms with Crippen LogP contribution in [0.25, 0.3) is 0 Å². The molecule has 9 atom stereocenters. The summed E-state index contributed by atoms with van der Waals surface area (Å²) < 4.78 is 43.0. The van der Waals surface area contributed by atoms with Crippen LogP contribution in [0.15, 0.2) is 0 Å². The van der Waals surface area contributed by atoms with Crippen molar-refractivity contribution < 1.29 is 132 Å². The molecule has 27 heteroatoms. The SMILES string of the molecule is CCC(O)C(=O)OC.CCCCC(O)C(=O)OCC.CCCCCCC(O)C(=O)OCC.CCCCCCCCCCCCCCCCCCOC(=O)C(O)CC.CCCCCCCCCCCCOC(=O)C(O)CC.CCCCCCCCCCOC(=O)C(O)CC.CCCCCCCCOC(=O)C(O)CC.CCCCCCOC(=O)C(O)CC.CCCCOC(=O)C(O)CC. The summed E-state index contributed by atoms with van der Waals surface area (Å²) in [7, 11) is 1.25. The first-order chi connectivity index (χ1) is 63.5. The second-order valence-electron chi connectivity index (χ2n) is 33.7. The molecule has 0 aromatic heterocycles. The van der Waals surface area contributed by atoms with Gasteiger partial charge in [0.15, 0.2) is 54.9 Å². The predicted molar refractivity (Wildman–Crippen MR) is 532 cm³/mol. The second-order valence-corrected chi connectivity index (χ2v) is 33.7. The van der Waals surface area contributed by atoms with Gasteiger partial charge in [-0.3, -0.25) is 0 Å². The Morgan fingerprint density at radius 3 is 0.455 bits per heavy atom. The molecule has 0 spiro atoms. The van der Waals surface area contributed by atoms with E-state index in [0.29, 0.717) is 111 Å². The van der Waals surface area contributed by atoms with Gasteiger partial charge in [-0.15, -0.1) is 0 Å². The monoisotopic (exact) mass is 1900 g/mol. The molecule has 132 heavy (non-hydrogen) atoms. The molecule has 0 fully saturated rings. The second kappa shape index (κ2) is 122. The first-order valence-electron chi connectivity index (χ1n) is 53.0. The standard InChI is InChI=1S/C22H44O3.C16H32O3.C14H28O3.C12H24O3.2C10H20O3.2C8H16O3.C5H10O3/c1-3-5-6-7-8-9-10-11-12-13-14-15-16-17-18-19-20-25-22(24)21(23)4-2;1-3-5-6-7-8-9-10-11-12-13-14-19-16(18)15(17)4-2;1-3-5-6-7-8-9-10-11-12-17-14(16)13(15)4-2;1-3-5-6-7-8-9-10-15-12(14)11(13)4-2;1-3-5-6-7-8-9(11)10(12)13-4-2;1-3-5-6-7-8-13-10(12)9(11)4-2;1-3-5-6-7(9)8(10)11-4-2;1-3-5-6-11-8(10)7(9)4-2;1-3-4(6)5(7)8-2/h21,23H,3-20H2,1-2H3;15,17H,3-14H2,1-2H3;13,15H,3-12H2,1-2H3;11,13H,3-10H2,1-2H3;2*9,11H,3-8H2,1-2H3;2*7,9H,3-6H2,1-2H3;4,6H,3H2,1-2H3. The molecule has 0 aliphatic carbocycles. The van der Waals surface area contributed by atoms with Crippen molar-refractivity contribution in [1.29, 1.82) is 0 Å². The minimum atomic E-state index is -0.944. The maximum atomic E-state index is 11.3. The fourth-order valence-electron chi connectivity index (χ4n) is 11.8. The molecule has 0 saturated heterocycles. The molecule has 0 rings (SSSR count). The van der Waals surface area contributed by atoms with Crippen molar-refractivity contribution in [3.8, 4) is 0 Å². The van der Waals surface area contributed by atoms with Crippen molar-refractivity contribution in [2.45, 2.75) is 564 Å². The van der Waals surface area contributed by atoms with Crippen LogP contribution >= 0.6 is 0 Å². The maximum Gasteiger partial charge on any atom is 0.334 e. The Kier molecular flexibility index (Phi) is 134. The zero-order chi connectivity index (χ0) is 102. The quantitative estimate of drug-likeness (QED) is 0.0155. The first-order valence-corrected chi connectivity index (χ1v) is 53.0. The first kappa shape index (κ1) is 145. The molecule has 0 aliphatic rings. The van der Waals surface area contributed by atoms with E-state index >= 15 is 0 Å². The minimum absolute atomic E-state index is 0.335. The van der Waals surface area contributed by atoms with Crippen LogP contribution in [-0.2, 0) is 85.8 Å². The lowest BCUT2D eigenvalue weighted by atomic mass is 10.0. The third-order valence-corrected chi connectivity index (χ3v) is 21.0. The molecule has 0 aliphatic heterocycles. The summed E-state index contributed by atoms with van der Waals surface area (Å²) in [6.45, 7) is 36.3. The Labute approximate surface area is 805 Å². The maximum absolute atomic E-state index is 11.3. The zero-order valence-corrected chi connectivity index (χ0v) is 87.9. The van der Waals surface area contributed by atoms with Crippen LogP contribution in [0.5, 0.6) is 0 Å². The summed E-state index contributed by atoms with van der Waals surface area (Å²) in [5, 5.41) is 81.8. The lowest BCUT2D eigenvalue weighted by molar-refractivity contribution is -0.154. The molecule has 9 N–H and O–H groups in total. The smallest absolute Gasteiger partial charge is 0.334 e. The van der Waals surface area contributed by atoms with Gasteiger partial charge >= 0.3 is 53.7 Å². The van der Waals surface area contributed by atoms with Crippen molar-refractivity contribution in [2.24, 2.45) is 0 Å². The number of aliphatic hydroxyl groups is 9. The third-order valence-electron chi connectivity index (χ3n) is 21.0. The zero-order valence-electron chi connectivity index (χ0n) is 87.9. The van der Waals surface area contributed by atoms with Crippen LogP contribution in [0.1, 0.15) is 509 Å². The Bertz CT molecular complexity index is 2380. The van der Waals surface area contributed by atoms with Crippen LogP contribution in [0, 0.1) is 0 Å². The molecule has 792 valence electrons. The van der Waals surface area contributed by atoms with E-state index in [1.807, 2.05) is 13.8 Å². The van der Waals surface area contributed by atoms with Crippen molar-refractivity contribution in [1.82, 2.24) is 0 Å². The molecular formula is C105H210O27. The van der Waals surface area contributed by atoms with E-state index in [2.05, 4.69) is 55.8 Å².